The summed E-state index contributed by atoms with van der Waals surface area (Å²) in [6, 6.07) is 13.7. The van der Waals surface area contributed by atoms with Crippen LogP contribution in [0.2, 0.25) is 0 Å². The Morgan fingerprint density at radius 3 is 2.49 bits per heavy atom. The van der Waals surface area contributed by atoms with Crippen molar-refractivity contribution in [3.05, 3.63) is 65.8 Å². The van der Waals surface area contributed by atoms with Gasteiger partial charge in [-0.2, -0.15) is 13.2 Å². The van der Waals surface area contributed by atoms with Crippen LogP contribution in [0.3, 0.4) is 0 Å². The van der Waals surface area contributed by atoms with Crippen LogP contribution in [0.5, 0.6) is 5.75 Å². The topological polar surface area (TPSA) is 106 Å². The van der Waals surface area contributed by atoms with E-state index in [1.807, 2.05) is 24.3 Å². The van der Waals surface area contributed by atoms with E-state index in [4.69, 9.17) is 9.47 Å². The summed E-state index contributed by atoms with van der Waals surface area (Å²) >= 11 is 0.350. The molecule has 0 unspecified atom stereocenters. The SMILES string of the molecule is O=C(Nc1ccc(-c2cn(-c3ccc(OCCN4CCOCC4)cc3)nn2)cc1)Nc1ncc(C(F)(F)F)s1. The molecule has 39 heavy (non-hydrogen) atoms. The van der Waals surface area contributed by atoms with E-state index in [2.05, 4.69) is 30.8 Å². The normalized spacial score (nSPS) is 14.2. The molecule has 0 atom stereocenters. The summed E-state index contributed by atoms with van der Waals surface area (Å²) in [5, 5.41) is 13.1. The molecular formula is C25H24F3N7O3S. The molecule has 1 aliphatic rings. The fourth-order valence-corrected chi connectivity index (χ4v) is 4.46. The number of nitrogens with one attached hydrogen (secondary N) is 2. The first-order chi connectivity index (χ1) is 18.8. The van der Waals surface area contributed by atoms with Crippen molar-refractivity contribution in [3.63, 3.8) is 0 Å². The zero-order chi connectivity index (χ0) is 27.2. The average molecular weight is 560 g/mol. The van der Waals surface area contributed by atoms with Crippen molar-refractivity contribution < 1.29 is 27.4 Å². The number of thiazole rings is 1. The Hall–Kier alpha value is -4.01. The summed E-state index contributed by atoms with van der Waals surface area (Å²) in [5.41, 5.74) is 2.66. The van der Waals surface area contributed by atoms with E-state index in [0.717, 1.165) is 49.8 Å². The van der Waals surface area contributed by atoms with Gasteiger partial charge in [-0.1, -0.05) is 28.7 Å². The fourth-order valence-electron chi connectivity index (χ4n) is 3.78. The Bertz CT molecular complexity index is 1390. The summed E-state index contributed by atoms with van der Waals surface area (Å²) in [5.74, 6) is 0.773. The molecule has 1 aliphatic heterocycles. The second-order valence-corrected chi connectivity index (χ2v) is 9.56. The number of hydrogen-bond donors (Lipinski definition) is 2. The van der Waals surface area contributed by atoms with Crippen molar-refractivity contribution in [2.24, 2.45) is 0 Å². The van der Waals surface area contributed by atoms with Crippen LogP contribution in [-0.4, -0.2) is 70.4 Å². The van der Waals surface area contributed by atoms with Crippen LogP contribution in [0.25, 0.3) is 16.9 Å². The van der Waals surface area contributed by atoms with Crippen LogP contribution in [0.15, 0.2) is 60.9 Å². The van der Waals surface area contributed by atoms with Crippen LogP contribution in [0.4, 0.5) is 28.8 Å². The maximum Gasteiger partial charge on any atom is 0.427 e. The van der Waals surface area contributed by atoms with Crippen molar-refractivity contribution in [1.29, 1.82) is 0 Å². The third kappa shape index (κ3) is 7.10. The van der Waals surface area contributed by atoms with Crippen LogP contribution in [-0.2, 0) is 10.9 Å². The number of carbonyl (C=O) groups is 1. The molecule has 0 saturated carbocycles. The van der Waals surface area contributed by atoms with E-state index in [0.29, 0.717) is 35.5 Å². The molecule has 204 valence electrons. The Morgan fingerprint density at radius 1 is 1.05 bits per heavy atom. The molecule has 14 heteroatoms. The van der Waals surface area contributed by atoms with E-state index in [-0.39, 0.29) is 5.13 Å². The van der Waals surface area contributed by atoms with Crippen LogP contribution in [0.1, 0.15) is 4.88 Å². The minimum atomic E-state index is -4.51. The molecule has 2 N–H and O–H groups in total. The van der Waals surface area contributed by atoms with Gasteiger partial charge in [-0.15, -0.1) is 5.10 Å². The van der Waals surface area contributed by atoms with Gasteiger partial charge in [-0.3, -0.25) is 10.2 Å². The van der Waals surface area contributed by atoms with E-state index >= 15 is 0 Å². The largest absolute Gasteiger partial charge is 0.492 e. The second kappa shape index (κ2) is 11.8. The Labute approximate surface area is 225 Å². The molecule has 1 saturated heterocycles. The van der Waals surface area contributed by atoms with Crippen LogP contribution >= 0.6 is 11.3 Å². The zero-order valence-corrected chi connectivity index (χ0v) is 21.3. The fraction of sp³-hybridized carbons (Fsp3) is 0.280. The Balaban J connectivity index is 1.13. The highest BCUT2D eigenvalue weighted by Gasteiger charge is 2.33. The van der Waals surface area contributed by atoms with Gasteiger partial charge >= 0.3 is 12.2 Å². The first-order valence-corrected chi connectivity index (χ1v) is 12.8. The van der Waals surface area contributed by atoms with Crippen molar-refractivity contribution in [3.8, 4) is 22.7 Å². The molecule has 3 heterocycles. The first kappa shape index (κ1) is 26.6. The Morgan fingerprint density at radius 2 is 1.79 bits per heavy atom. The molecule has 2 aromatic heterocycles. The number of nitrogens with zero attached hydrogens (tertiary/aromatic N) is 5. The average Bonchev–Trinajstić information content (AvgIpc) is 3.61. The summed E-state index contributed by atoms with van der Waals surface area (Å²) < 4.78 is 50.9. The van der Waals surface area contributed by atoms with Gasteiger partial charge in [0.1, 0.15) is 22.9 Å². The molecule has 1 fully saturated rings. The number of anilines is 2. The van der Waals surface area contributed by atoms with Crippen molar-refractivity contribution in [2.45, 2.75) is 6.18 Å². The van der Waals surface area contributed by atoms with E-state index in [1.54, 1.807) is 35.1 Å². The van der Waals surface area contributed by atoms with Gasteiger partial charge in [0.05, 0.1) is 31.3 Å². The standard InChI is InChI=1S/C25H24F3N7O3S/c26-25(27,28)22-15-29-24(39-22)31-23(36)30-18-3-1-17(2-4-18)21-16-35(33-32-21)19-5-7-20(8-6-19)38-14-11-34-9-12-37-13-10-34/h1-8,15-16H,9-14H2,(H2,29,30,31,36). The van der Waals surface area contributed by atoms with Crippen molar-refractivity contribution in [2.75, 3.05) is 50.1 Å². The maximum absolute atomic E-state index is 12.7. The number of carbonyl (C=O) groups excluding carboxylic acids is 1. The van der Waals surface area contributed by atoms with Crippen molar-refractivity contribution in [1.82, 2.24) is 24.9 Å². The lowest BCUT2D eigenvalue weighted by atomic mass is 10.1. The van der Waals surface area contributed by atoms with Gasteiger partial charge in [-0.25, -0.2) is 14.5 Å². The number of aromatic nitrogens is 4. The van der Waals surface area contributed by atoms with E-state index < -0.39 is 17.1 Å². The van der Waals surface area contributed by atoms with Gasteiger partial charge < -0.3 is 14.8 Å². The number of urea groups is 1. The number of ether oxygens (including phenoxy) is 2. The highest BCUT2D eigenvalue weighted by molar-refractivity contribution is 7.15. The number of alkyl halides is 3. The van der Waals surface area contributed by atoms with Crippen LogP contribution in [0, 0.1) is 0 Å². The highest BCUT2D eigenvalue weighted by atomic mass is 32.1. The van der Waals surface area contributed by atoms with Crippen molar-refractivity contribution >= 4 is 28.2 Å². The molecule has 0 radical (unpaired) electrons. The minimum absolute atomic E-state index is 0.152. The van der Waals surface area contributed by atoms with Gasteiger partial charge in [-0.05, 0) is 36.4 Å². The molecule has 10 nitrogen and oxygen atoms in total. The number of hydrogen-bond acceptors (Lipinski definition) is 8. The summed E-state index contributed by atoms with van der Waals surface area (Å²) in [4.78, 5) is 17.1. The number of amides is 2. The highest BCUT2D eigenvalue weighted by Crippen LogP contribution is 2.35. The third-order valence-corrected chi connectivity index (χ3v) is 6.78. The van der Waals surface area contributed by atoms with Gasteiger partial charge in [0, 0.05) is 30.9 Å². The number of rotatable bonds is 8. The molecular weight excluding hydrogens is 535 g/mol. The molecule has 0 spiro atoms. The third-order valence-electron chi connectivity index (χ3n) is 5.82. The maximum atomic E-state index is 12.7. The molecule has 2 amide bonds. The molecule has 0 aliphatic carbocycles. The Kier molecular flexibility index (Phi) is 8.05. The lowest BCUT2D eigenvalue weighted by Gasteiger charge is -2.26. The smallest absolute Gasteiger partial charge is 0.427 e. The van der Waals surface area contributed by atoms with Gasteiger partial charge in [0.2, 0.25) is 0 Å². The zero-order valence-electron chi connectivity index (χ0n) is 20.5. The molecule has 0 bridgehead atoms. The van der Waals surface area contributed by atoms with Gasteiger partial charge in [0.25, 0.3) is 0 Å². The predicted molar refractivity (Wildman–Crippen MR) is 139 cm³/mol. The molecule has 5 rings (SSSR count). The van der Waals surface area contributed by atoms with Crippen LogP contribution < -0.4 is 15.4 Å². The quantitative estimate of drug-likeness (QED) is 0.321. The summed E-state index contributed by atoms with van der Waals surface area (Å²) in [7, 11) is 0. The summed E-state index contributed by atoms with van der Waals surface area (Å²) in [6.07, 6.45) is -2.05. The van der Waals surface area contributed by atoms with E-state index in [9.17, 15) is 18.0 Å². The first-order valence-electron chi connectivity index (χ1n) is 12.0. The number of benzene rings is 2. The second-order valence-electron chi connectivity index (χ2n) is 8.53. The van der Waals surface area contributed by atoms with Gasteiger partial charge in [0.15, 0.2) is 5.13 Å². The summed E-state index contributed by atoms with van der Waals surface area (Å²) in [6.45, 7) is 4.83. The number of halogens is 3. The lowest BCUT2D eigenvalue weighted by molar-refractivity contribution is -0.134. The van der Waals surface area contributed by atoms with E-state index in [1.165, 1.54) is 0 Å². The monoisotopic (exact) mass is 559 g/mol. The minimum Gasteiger partial charge on any atom is -0.492 e. The molecule has 4 aromatic rings. The predicted octanol–water partition coefficient (Wildman–Crippen LogP) is 4.76. The number of morpholine rings is 1. The molecule has 2 aromatic carbocycles. The lowest BCUT2D eigenvalue weighted by Crippen LogP contribution is -2.38.